The van der Waals surface area contributed by atoms with E-state index in [1.54, 1.807) is 25.1 Å². The van der Waals surface area contributed by atoms with Gasteiger partial charge in [0.05, 0.1) is 19.9 Å². The highest BCUT2D eigenvalue weighted by Gasteiger charge is 2.29. The summed E-state index contributed by atoms with van der Waals surface area (Å²) in [6, 6.07) is 12.3. The predicted octanol–water partition coefficient (Wildman–Crippen LogP) is 3.21. The summed E-state index contributed by atoms with van der Waals surface area (Å²) in [5, 5.41) is 7.08. The topological polar surface area (TPSA) is 89.0 Å². The van der Waals surface area contributed by atoms with Crippen molar-refractivity contribution >= 4 is 23.2 Å². The van der Waals surface area contributed by atoms with Gasteiger partial charge in [-0.25, -0.2) is 5.43 Å². The Kier molecular flexibility index (Phi) is 5.93. The van der Waals surface area contributed by atoms with Crippen LogP contribution in [0.4, 0.5) is 5.69 Å². The molecule has 7 nitrogen and oxygen atoms in total. The molecule has 0 unspecified atom stereocenters. The quantitative estimate of drug-likeness (QED) is 0.569. The molecule has 1 fully saturated rings. The van der Waals surface area contributed by atoms with E-state index in [0.717, 1.165) is 24.1 Å². The summed E-state index contributed by atoms with van der Waals surface area (Å²) in [6.45, 7) is 1.79. The minimum Gasteiger partial charge on any atom is -0.493 e. The average molecular weight is 381 g/mol. The Labute approximate surface area is 163 Å². The molecule has 0 heterocycles. The number of methoxy groups -OCH3 is 2. The lowest BCUT2D eigenvalue weighted by Crippen LogP contribution is -2.19. The minimum atomic E-state index is -0.363. The summed E-state index contributed by atoms with van der Waals surface area (Å²) >= 11 is 0. The van der Waals surface area contributed by atoms with Crippen molar-refractivity contribution in [3.05, 3.63) is 53.6 Å². The smallest absolute Gasteiger partial charge is 0.271 e. The molecule has 0 aromatic heterocycles. The van der Waals surface area contributed by atoms with Crippen LogP contribution in [0.5, 0.6) is 11.5 Å². The fourth-order valence-corrected chi connectivity index (χ4v) is 2.65. The highest BCUT2D eigenvalue weighted by atomic mass is 16.5. The second kappa shape index (κ2) is 8.56. The Morgan fingerprint density at radius 2 is 1.75 bits per heavy atom. The van der Waals surface area contributed by atoms with Gasteiger partial charge in [-0.05, 0) is 55.7 Å². The number of hydrogen-bond acceptors (Lipinski definition) is 5. The number of hydrazone groups is 1. The van der Waals surface area contributed by atoms with Crippen LogP contribution in [0.1, 0.15) is 35.7 Å². The zero-order valence-corrected chi connectivity index (χ0v) is 16.1. The molecule has 146 valence electrons. The lowest BCUT2D eigenvalue weighted by atomic mass is 10.1. The molecule has 2 aromatic rings. The number of carbonyl (C=O) groups excluding carboxylic acids is 2. The van der Waals surface area contributed by atoms with Crippen molar-refractivity contribution in [2.45, 2.75) is 19.8 Å². The molecule has 0 spiro atoms. The SMILES string of the molecule is COc1ccc(C(=O)NN=C(C)c2cccc(NC(=O)C3CC3)c2)cc1OC. The van der Waals surface area contributed by atoms with Crippen molar-refractivity contribution in [3.8, 4) is 11.5 Å². The Balaban J connectivity index is 1.68. The molecule has 2 amide bonds. The van der Waals surface area contributed by atoms with Gasteiger partial charge in [0.1, 0.15) is 0 Å². The molecule has 0 aliphatic heterocycles. The molecule has 7 heteroatoms. The number of hydrogen-bond donors (Lipinski definition) is 2. The van der Waals surface area contributed by atoms with Crippen LogP contribution in [0.25, 0.3) is 0 Å². The fraction of sp³-hybridized carbons (Fsp3) is 0.286. The molecule has 2 aromatic carbocycles. The molecule has 0 saturated heterocycles. The van der Waals surface area contributed by atoms with Gasteiger partial charge in [-0.3, -0.25) is 9.59 Å². The lowest BCUT2D eigenvalue weighted by Gasteiger charge is -2.09. The van der Waals surface area contributed by atoms with Gasteiger partial charge in [0, 0.05) is 17.2 Å². The highest BCUT2D eigenvalue weighted by molar-refractivity contribution is 6.02. The van der Waals surface area contributed by atoms with Gasteiger partial charge in [-0.1, -0.05) is 12.1 Å². The summed E-state index contributed by atoms with van der Waals surface area (Å²) in [5.74, 6) is 0.838. The number of nitrogens with zero attached hydrogens (tertiary/aromatic N) is 1. The van der Waals surface area contributed by atoms with Crippen molar-refractivity contribution in [1.29, 1.82) is 0 Å². The third-order valence-electron chi connectivity index (χ3n) is 4.47. The molecule has 2 N–H and O–H groups in total. The van der Waals surface area contributed by atoms with Crippen LogP contribution in [0, 0.1) is 5.92 Å². The average Bonchev–Trinajstić information content (AvgIpc) is 3.56. The Hall–Kier alpha value is -3.35. The first kappa shape index (κ1) is 19.4. The highest BCUT2D eigenvalue weighted by Crippen LogP contribution is 2.30. The van der Waals surface area contributed by atoms with E-state index in [9.17, 15) is 9.59 Å². The molecule has 3 rings (SSSR count). The van der Waals surface area contributed by atoms with Gasteiger partial charge in [0.15, 0.2) is 11.5 Å². The number of benzene rings is 2. The summed E-state index contributed by atoms with van der Waals surface area (Å²) in [4.78, 5) is 24.3. The van der Waals surface area contributed by atoms with Crippen molar-refractivity contribution < 1.29 is 19.1 Å². The number of amides is 2. The van der Waals surface area contributed by atoms with E-state index in [2.05, 4.69) is 15.8 Å². The molecule has 28 heavy (non-hydrogen) atoms. The van der Waals surface area contributed by atoms with Crippen LogP contribution in [0.2, 0.25) is 0 Å². The monoisotopic (exact) mass is 381 g/mol. The molecular formula is C21H23N3O4. The van der Waals surface area contributed by atoms with Gasteiger partial charge in [-0.15, -0.1) is 0 Å². The summed E-state index contributed by atoms with van der Waals surface area (Å²) in [5.41, 5.74) is 5.09. The molecule has 1 aliphatic carbocycles. The number of rotatable bonds is 7. The first-order valence-electron chi connectivity index (χ1n) is 8.99. The second-order valence-electron chi connectivity index (χ2n) is 6.55. The zero-order chi connectivity index (χ0) is 20.1. The standard InChI is InChI=1S/C21H23N3O4/c1-13(15-5-4-6-17(11-15)22-20(25)14-7-8-14)23-24-21(26)16-9-10-18(27-2)19(12-16)28-3/h4-6,9-12,14H,7-8H2,1-3H3,(H,22,25)(H,24,26). The normalized spacial score (nSPS) is 13.6. The number of carbonyl (C=O) groups is 2. The molecular weight excluding hydrogens is 358 g/mol. The number of nitrogens with one attached hydrogen (secondary N) is 2. The first-order chi connectivity index (χ1) is 13.5. The van der Waals surface area contributed by atoms with E-state index in [1.165, 1.54) is 14.2 Å². The van der Waals surface area contributed by atoms with Crippen LogP contribution >= 0.6 is 0 Å². The van der Waals surface area contributed by atoms with E-state index < -0.39 is 0 Å². The minimum absolute atomic E-state index is 0.0495. The second-order valence-corrected chi connectivity index (χ2v) is 6.55. The van der Waals surface area contributed by atoms with Crippen molar-refractivity contribution in [1.82, 2.24) is 5.43 Å². The maximum absolute atomic E-state index is 12.4. The van der Waals surface area contributed by atoms with Crippen LogP contribution in [-0.4, -0.2) is 31.7 Å². The summed E-state index contributed by atoms with van der Waals surface area (Å²) in [6.07, 6.45) is 1.91. The zero-order valence-electron chi connectivity index (χ0n) is 16.1. The fourth-order valence-electron chi connectivity index (χ4n) is 2.65. The third-order valence-corrected chi connectivity index (χ3v) is 4.47. The van der Waals surface area contributed by atoms with Gasteiger partial charge < -0.3 is 14.8 Å². The Morgan fingerprint density at radius 1 is 1.00 bits per heavy atom. The van der Waals surface area contributed by atoms with E-state index in [1.807, 2.05) is 24.3 Å². The van der Waals surface area contributed by atoms with Crippen molar-refractivity contribution in [2.24, 2.45) is 11.0 Å². The van der Waals surface area contributed by atoms with Gasteiger partial charge in [-0.2, -0.15) is 5.10 Å². The summed E-state index contributed by atoms with van der Waals surface area (Å²) < 4.78 is 10.4. The van der Waals surface area contributed by atoms with Crippen LogP contribution in [0.15, 0.2) is 47.6 Å². The van der Waals surface area contributed by atoms with E-state index in [-0.39, 0.29) is 17.7 Å². The largest absolute Gasteiger partial charge is 0.493 e. The van der Waals surface area contributed by atoms with E-state index >= 15 is 0 Å². The Bertz CT molecular complexity index is 920. The van der Waals surface area contributed by atoms with E-state index in [0.29, 0.717) is 22.8 Å². The van der Waals surface area contributed by atoms with Crippen molar-refractivity contribution in [3.63, 3.8) is 0 Å². The number of anilines is 1. The van der Waals surface area contributed by atoms with Crippen LogP contribution in [0.3, 0.4) is 0 Å². The van der Waals surface area contributed by atoms with Gasteiger partial charge in [0.25, 0.3) is 5.91 Å². The molecule has 0 radical (unpaired) electrons. The van der Waals surface area contributed by atoms with Gasteiger partial charge in [0.2, 0.25) is 5.91 Å². The lowest BCUT2D eigenvalue weighted by molar-refractivity contribution is -0.117. The van der Waals surface area contributed by atoms with Crippen LogP contribution < -0.4 is 20.2 Å². The van der Waals surface area contributed by atoms with Gasteiger partial charge >= 0.3 is 0 Å². The molecule has 0 atom stereocenters. The number of ether oxygens (including phenoxy) is 2. The molecule has 1 saturated carbocycles. The first-order valence-corrected chi connectivity index (χ1v) is 8.99. The third kappa shape index (κ3) is 4.68. The predicted molar refractivity (Wildman–Crippen MR) is 107 cm³/mol. The molecule has 1 aliphatic rings. The maximum Gasteiger partial charge on any atom is 0.271 e. The summed E-state index contributed by atoms with van der Waals surface area (Å²) in [7, 11) is 3.04. The Morgan fingerprint density at radius 3 is 2.43 bits per heavy atom. The van der Waals surface area contributed by atoms with Crippen LogP contribution in [-0.2, 0) is 4.79 Å². The molecule has 0 bridgehead atoms. The maximum atomic E-state index is 12.4. The van der Waals surface area contributed by atoms with Crippen molar-refractivity contribution in [2.75, 3.05) is 19.5 Å². The van der Waals surface area contributed by atoms with E-state index in [4.69, 9.17) is 9.47 Å².